The summed E-state index contributed by atoms with van der Waals surface area (Å²) in [6.07, 6.45) is 6.53. The highest BCUT2D eigenvalue weighted by atomic mass is 35.5. The maximum absolute atomic E-state index is 6.00. The highest BCUT2D eigenvalue weighted by molar-refractivity contribution is 6.18. The van der Waals surface area contributed by atoms with Crippen LogP contribution in [0.2, 0.25) is 0 Å². The van der Waals surface area contributed by atoms with Crippen LogP contribution >= 0.6 is 11.6 Å². The number of hydrogen-bond donors (Lipinski definition) is 1. The van der Waals surface area contributed by atoms with Crippen LogP contribution in [0.15, 0.2) is 0 Å². The second kappa shape index (κ2) is 9.26. The molecule has 1 saturated carbocycles. The smallest absolute Gasteiger partial charge is 0.0590 e. The molecule has 0 spiro atoms. The number of alkyl halides is 1. The molecule has 3 heteroatoms. The fourth-order valence-corrected chi connectivity index (χ4v) is 2.84. The largest absolute Gasteiger partial charge is 0.380 e. The number of halogens is 1. The van der Waals surface area contributed by atoms with Gasteiger partial charge < -0.3 is 10.1 Å². The van der Waals surface area contributed by atoms with Crippen molar-refractivity contribution in [2.75, 3.05) is 32.2 Å². The van der Waals surface area contributed by atoms with Gasteiger partial charge in [0.05, 0.1) is 6.61 Å². The van der Waals surface area contributed by atoms with E-state index in [2.05, 4.69) is 12.2 Å². The number of hydrogen-bond acceptors (Lipinski definition) is 2. The van der Waals surface area contributed by atoms with Gasteiger partial charge in [0.1, 0.15) is 0 Å². The van der Waals surface area contributed by atoms with E-state index in [0.29, 0.717) is 0 Å². The van der Waals surface area contributed by atoms with E-state index >= 15 is 0 Å². The number of rotatable bonds is 8. The summed E-state index contributed by atoms with van der Waals surface area (Å²) in [7, 11) is 0. The molecule has 0 amide bonds. The third kappa shape index (κ3) is 5.51. The predicted octanol–water partition coefficient (Wildman–Crippen LogP) is 3.05. The van der Waals surface area contributed by atoms with Crippen molar-refractivity contribution in [3.8, 4) is 0 Å². The molecule has 0 aliphatic heterocycles. The molecule has 96 valence electrons. The molecule has 0 aromatic carbocycles. The first-order valence-electron chi connectivity index (χ1n) is 6.73. The second-order valence-electron chi connectivity index (χ2n) is 4.78. The van der Waals surface area contributed by atoms with Gasteiger partial charge in [-0.15, -0.1) is 11.6 Å². The summed E-state index contributed by atoms with van der Waals surface area (Å²) in [4.78, 5) is 0. The Balaban J connectivity index is 2.02. The molecule has 0 aromatic heterocycles. The normalized spacial score (nSPS) is 25.9. The van der Waals surface area contributed by atoms with Crippen molar-refractivity contribution in [1.82, 2.24) is 5.32 Å². The Hall–Kier alpha value is 0.210. The molecule has 1 N–H and O–H groups in total. The molecule has 1 aliphatic rings. The number of ether oxygens (including phenoxy) is 1. The summed E-state index contributed by atoms with van der Waals surface area (Å²) in [6, 6.07) is 0. The van der Waals surface area contributed by atoms with Crippen molar-refractivity contribution in [2.24, 2.45) is 11.8 Å². The lowest BCUT2D eigenvalue weighted by molar-refractivity contribution is 0.133. The Morgan fingerprint density at radius 2 is 1.94 bits per heavy atom. The van der Waals surface area contributed by atoms with Gasteiger partial charge in [0.2, 0.25) is 0 Å². The summed E-state index contributed by atoms with van der Waals surface area (Å²) in [6.45, 7) is 5.96. The minimum absolute atomic E-state index is 0.736. The van der Waals surface area contributed by atoms with Gasteiger partial charge in [-0.25, -0.2) is 0 Å². The minimum atomic E-state index is 0.736. The fraction of sp³-hybridized carbons (Fsp3) is 1.00. The van der Waals surface area contributed by atoms with Gasteiger partial charge in [-0.1, -0.05) is 19.8 Å². The van der Waals surface area contributed by atoms with Crippen LogP contribution in [0.1, 0.15) is 39.0 Å². The first kappa shape index (κ1) is 14.3. The lowest BCUT2D eigenvalue weighted by Gasteiger charge is -2.30. The summed E-state index contributed by atoms with van der Waals surface area (Å²) < 4.78 is 5.44. The Kier molecular flexibility index (Phi) is 8.26. The first-order valence-corrected chi connectivity index (χ1v) is 7.26. The third-order valence-corrected chi connectivity index (χ3v) is 3.84. The zero-order chi connectivity index (χ0) is 11.6. The van der Waals surface area contributed by atoms with Crippen LogP contribution in [0.5, 0.6) is 0 Å². The standard InChI is InChI=1S/C13H26ClNO/c1-2-8-16-9-7-15-11-13-6-4-3-5-12(13)10-14/h12-13,15H,2-11H2,1H3. The molecule has 1 fully saturated rings. The van der Waals surface area contributed by atoms with Gasteiger partial charge in [0, 0.05) is 19.0 Å². The lowest BCUT2D eigenvalue weighted by atomic mass is 9.80. The molecular weight excluding hydrogens is 222 g/mol. The van der Waals surface area contributed by atoms with Crippen molar-refractivity contribution in [3.63, 3.8) is 0 Å². The van der Waals surface area contributed by atoms with E-state index in [0.717, 1.165) is 50.4 Å². The molecule has 1 aliphatic carbocycles. The molecule has 2 unspecified atom stereocenters. The summed E-state index contributed by atoms with van der Waals surface area (Å²) >= 11 is 6.00. The van der Waals surface area contributed by atoms with Crippen molar-refractivity contribution < 1.29 is 4.74 Å². The van der Waals surface area contributed by atoms with Gasteiger partial charge >= 0.3 is 0 Å². The van der Waals surface area contributed by atoms with Gasteiger partial charge in [-0.3, -0.25) is 0 Å². The topological polar surface area (TPSA) is 21.3 Å². The van der Waals surface area contributed by atoms with Gasteiger partial charge in [-0.05, 0) is 37.6 Å². The maximum Gasteiger partial charge on any atom is 0.0590 e. The average molecular weight is 248 g/mol. The first-order chi connectivity index (χ1) is 7.88. The molecular formula is C13H26ClNO. The summed E-state index contributed by atoms with van der Waals surface area (Å²) in [5.74, 6) is 2.36. The molecule has 0 heterocycles. The Bertz CT molecular complexity index is 166. The van der Waals surface area contributed by atoms with Gasteiger partial charge in [0.25, 0.3) is 0 Å². The van der Waals surface area contributed by atoms with E-state index in [1.807, 2.05) is 0 Å². The van der Waals surface area contributed by atoms with Crippen LogP contribution in [0.4, 0.5) is 0 Å². The molecule has 16 heavy (non-hydrogen) atoms. The van der Waals surface area contributed by atoms with E-state index in [4.69, 9.17) is 16.3 Å². The third-order valence-electron chi connectivity index (χ3n) is 3.44. The van der Waals surface area contributed by atoms with Crippen LogP contribution in [0.3, 0.4) is 0 Å². The average Bonchev–Trinajstić information content (AvgIpc) is 2.34. The molecule has 0 bridgehead atoms. The Morgan fingerprint density at radius 3 is 2.62 bits per heavy atom. The van der Waals surface area contributed by atoms with E-state index in [1.54, 1.807) is 0 Å². The van der Waals surface area contributed by atoms with E-state index in [9.17, 15) is 0 Å². The Morgan fingerprint density at radius 1 is 1.19 bits per heavy atom. The van der Waals surface area contributed by atoms with Crippen LogP contribution in [-0.4, -0.2) is 32.2 Å². The van der Waals surface area contributed by atoms with E-state index in [-0.39, 0.29) is 0 Å². The predicted molar refractivity (Wildman–Crippen MR) is 70.1 cm³/mol. The molecule has 0 saturated heterocycles. The van der Waals surface area contributed by atoms with Gasteiger partial charge in [-0.2, -0.15) is 0 Å². The lowest BCUT2D eigenvalue weighted by Crippen LogP contribution is -2.33. The SMILES string of the molecule is CCCOCCNCC1CCCCC1CCl. The van der Waals surface area contributed by atoms with Crippen molar-refractivity contribution >= 4 is 11.6 Å². The zero-order valence-corrected chi connectivity index (χ0v) is 11.3. The number of nitrogens with one attached hydrogen (secondary N) is 1. The zero-order valence-electron chi connectivity index (χ0n) is 10.5. The fourth-order valence-electron chi connectivity index (χ4n) is 2.43. The van der Waals surface area contributed by atoms with Gasteiger partial charge in [0.15, 0.2) is 0 Å². The minimum Gasteiger partial charge on any atom is -0.380 e. The van der Waals surface area contributed by atoms with Crippen LogP contribution < -0.4 is 5.32 Å². The van der Waals surface area contributed by atoms with Crippen LogP contribution in [0, 0.1) is 11.8 Å². The van der Waals surface area contributed by atoms with E-state index < -0.39 is 0 Å². The van der Waals surface area contributed by atoms with Crippen molar-refractivity contribution in [2.45, 2.75) is 39.0 Å². The van der Waals surface area contributed by atoms with Crippen LogP contribution in [-0.2, 0) is 4.74 Å². The highest BCUT2D eigenvalue weighted by Gasteiger charge is 2.23. The van der Waals surface area contributed by atoms with Crippen LogP contribution in [0.25, 0.3) is 0 Å². The molecule has 1 rings (SSSR count). The van der Waals surface area contributed by atoms with Crippen molar-refractivity contribution in [1.29, 1.82) is 0 Å². The highest BCUT2D eigenvalue weighted by Crippen LogP contribution is 2.30. The molecule has 2 nitrogen and oxygen atoms in total. The van der Waals surface area contributed by atoms with Crippen molar-refractivity contribution in [3.05, 3.63) is 0 Å². The quantitative estimate of drug-likeness (QED) is 0.526. The molecule has 0 radical (unpaired) electrons. The second-order valence-corrected chi connectivity index (χ2v) is 5.08. The molecule has 2 atom stereocenters. The monoisotopic (exact) mass is 247 g/mol. The molecule has 0 aromatic rings. The summed E-state index contributed by atoms with van der Waals surface area (Å²) in [5.41, 5.74) is 0. The summed E-state index contributed by atoms with van der Waals surface area (Å²) in [5, 5.41) is 3.49. The Labute approximate surface area is 105 Å². The van der Waals surface area contributed by atoms with E-state index in [1.165, 1.54) is 25.7 Å². The maximum atomic E-state index is 6.00.